The molecule has 1 aliphatic heterocycles. The van der Waals surface area contributed by atoms with Gasteiger partial charge in [-0.2, -0.15) is 10.1 Å². The maximum absolute atomic E-state index is 6.13. The van der Waals surface area contributed by atoms with Gasteiger partial charge in [0.1, 0.15) is 5.65 Å². The number of imidazole rings is 1. The van der Waals surface area contributed by atoms with E-state index >= 15 is 0 Å². The quantitative estimate of drug-likeness (QED) is 0.576. The molecule has 132 valence electrons. The molecule has 0 atom stereocenters. The first kappa shape index (κ1) is 15.5. The second-order valence-corrected chi connectivity index (χ2v) is 6.65. The summed E-state index contributed by atoms with van der Waals surface area (Å²) in [5, 5.41) is 9.32. The molecule has 1 fully saturated rings. The molecule has 5 rings (SSSR count). The van der Waals surface area contributed by atoms with Crippen LogP contribution in [0.3, 0.4) is 0 Å². The summed E-state index contributed by atoms with van der Waals surface area (Å²) in [6.07, 6.45) is 7.22. The van der Waals surface area contributed by atoms with Crippen LogP contribution < -0.4 is 5.32 Å². The van der Waals surface area contributed by atoms with Crippen LogP contribution in [0, 0.1) is 0 Å². The molecule has 8 nitrogen and oxygen atoms in total. The van der Waals surface area contributed by atoms with Crippen LogP contribution in [-0.4, -0.2) is 48.8 Å². The van der Waals surface area contributed by atoms with Crippen molar-refractivity contribution in [2.45, 2.75) is 18.9 Å². The molecule has 0 amide bonds. The largest absolute Gasteiger partial charge is 0.381 e. The molecule has 0 unspecified atom stereocenters. The number of halogens is 1. The molecule has 0 bridgehead atoms. The van der Waals surface area contributed by atoms with Crippen LogP contribution in [0.25, 0.3) is 27.9 Å². The monoisotopic (exact) mass is 369 g/mol. The van der Waals surface area contributed by atoms with Gasteiger partial charge in [-0.3, -0.25) is 0 Å². The van der Waals surface area contributed by atoms with Crippen molar-refractivity contribution in [1.29, 1.82) is 0 Å². The second-order valence-electron chi connectivity index (χ2n) is 6.26. The molecule has 0 spiro atoms. The smallest absolute Gasteiger partial charge is 0.224 e. The number of hydrogen-bond acceptors (Lipinski definition) is 6. The fourth-order valence-corrected chi connectivity index (χ4v) is 3.38. The first-order valence-corrected chi connectivity index (χ1v) is 8.85. The molecule has 4 aromatic heterocycles. The molecule has 0 aliphatic carbocycles. The number of nitrogens with one attached hydrogen (secondary N) is 2. The van der Waals surface area contributed by atoms with Crippen LogP contribution in [0.5, 0.6) is 0 Å². The summed E-state index contributed by atoms with van der Waals surface area (Å²) >= 11 is 6.13. The predicted octanol–water partition coefficient (Wildman–Crippen LogP) is 2.91. The third-order valence-electron chi connectivity index (χ3n) is 4.58. The Balaban J connectivity index is 1.49. The topological polar surface area (TPSA) is 93.0 Å². The van der Waals surface area contributed by atoms with Crippen molar-refractivity contribution in [1.82, 2.24) is 29.5 Å². The van der Waals surface area contributed by atoms with Gasteiger partial charge in [0, 0.05) is 42.6 Å². The molecule has 5 heterocycles. The van der Waals surface area contributed by atoms with Gasteiger partial charge in [-0.1, -0.05) is 11.6 Å². The zero-order valence-corrected chi connectivity index (χ0v) is 14.6. The van der Waals surface area contributed by atoms with E-state index in [4.69, 9.17) is 16.3 Å². The summed E-state index contributed by atoms with van der Waals surface area (Å²) in [4.78, 5) is 16.5. The molecule has 2 N–H and O–H groups in total. The van der Waals surface area contributed by atoms with E-state index in [0.29, 0.717) is 22.8 Å². The number of aromatic nitrogens is 6. The number of anilines is 1. The van der Waals surface area contributed by atoms with E-state index in [2.05, 4.69) is 30.4 Å². The predicted molar refractivity (Wildman–Crippen MR) is 98.3 cm³/mol. The lowest BCUT2D eigenvalue weighted by atomic mass is 10.1. The number of aromatic amines is 1. The van der Waals surface area contributed by atoms with Crippen molar-refractivity contribution < 1.29 is 4.74 Å². The Morgan fingerprint density at radius 2 is 2.08 bits per heavy atom. The van der Waals surface area contributed by atoms with Gasteiger partial charge >= 0.3 is 0 Å². The van der Waals surface area contributed by atoms with E-state index in [-0.39, 0.29) is 0 Å². The number of hydrogen-bond donors (Lipinski definition) is 2. The summed E-state index contributed by atoms with van der Waals surface area (Å²) in [7, 11) is 0. The summed E-state index contributed by atoms with van der Waals surface area (Å²) in [6.45, 7) is 1.55. The van der Waals surface area contributed by atoms with E-state index in [9.17, 15) is 0 Å². The minimum absolute atomic E-state index is 0.350. The fourth-order valence-electron chi connectivity index (χ4n) is 3.20. The first-order valence-electron chi connectivity index (χ1n) is 8.47. The van der Waals surface area contributed by atoms with Crippen molar-refractivity contribution >= 4 is 34.2 Å². The van der Waals surface area contributed by atoms with Crippen LogP contribution in [0.1, 0.15) is 12.8 Å². The third kappa shape index (κ3) is 2.67. The summed E-state index contributed by atoms with van der Waals surface area (Å²) in [5.41, 5.74) is 3.17. The number of rotatable bonds is 3. The van der Waals surface area contributed by atoms with Gasteiger partial charge in [0.05, 0.1) is 11.9 Å². The van der Waals surface area contributed by atoms with E-state index in [0.717, 1.165) is 48.3 Å². The van der Waals surface area contributed by atoms with Gasteiger partial charge in [-0.25, -0.2) is 14.5 Å². The number of nitrogens with zero attached hydrogens (tertiary/aromatic N) is 5. The van der Waals surface area contributed by atoms with Crippen LogP contribution in [-0.2, 0) is 4.74 Å². The third-order valence-corrected chi connectivity index (χ3v) is 4.84. The van der Waals surface area contributed by atoms with E-state index in [1.54, 1.807) is 10.7 Å². The SMILES string of the molecule is Clc1cnc2ccc(-c3c[nH]c4nc(NC5CCOCC5)ncc34)nn12. The fraction of sp³-hybridized carbons (Fsp3) is 0.294. The highest BCUT2D eigenvalue weighted by atomic mass is 35.5. The Morgan fingerprint density at radius 1 is 1.19 bits per heavy atom. The van der Waals surface area contributed by atoms with Gasteiger partial charge in [0.2, 0.25) is 5.95 Å². The van der Waals surface area contributed by atoms with Crippen molar-refractivity contribution in [3.8, 4) is 11.3 Å². The summed E-state index contributed by atoms with van der Waals surface area (Å²) in [5.74, 6) is 0.624. The molecule has 0 aromatic carbocycles. The molecule has 1 aliphatic rings. The first-order chi connectivity index (χ1) is 12.8. The van der Waals surface area contributed by atoms with Crippen molar-refractivity contribution in [3.63, 3.8) is 0 Å². The van der Waals surface area contributed by atoms with E-state index in [1.807, 2.05) is 24.5 Å². The van der Waals surface area contributed by atoms with Gasteiger partial charge in [0.25, 0.3) is 0 Å². The lowest BCUT2D eigenvalue weighted by Crippen LogP contribution is -2.28. The second kappa shape index (κ2) is 6.22. The van der Waals surface area contributed by atoms with Gasteiger partial charge < -0.3 is 15.0 Å². The van der Waals surface area contributed by atoms with Crippen LogP contribution in [0.15, 0.2) is 30.7 Å². The maximum Gasteiger partial charge on any atom is 0.224 e. The van der Waals surface area contributed by atoms with Gasteiger partial charge in [0.15, 0.2) is 10.8 Å². The Labute approximate surface area is 153 Å². The summed E-state index contributed by atoms with van der Waals surface area (Å²) in [6, 6.07) is 4.15. The van der Waals surface area contributed by atoms with Gasteiger partial charge in [-0.15, -0.1) is 0 Å². The molecule has 26 heavy (non-hydrogen) atoms. The molecule has 9 heteroatoms. The van der Waals surface area contributed by atoms with E-state index in [1.165, 1.54) is 0 Å². The molecule has 4 aromatic rings. The molecule has 1 saturated heterocycles. The Bertz CT molecular complexity index is 1080. The highest BCUT2D eigenvalue weighted by molar-refractivity contribution is 6.29. The number of H-pyrrole nitrogens is 1. The highest BCUT2D eigenvalue weighted by Crippen LogP contribution is 2.27. The Kier molecular flexibility index (Phi) is 3.72. The average molecular weight is 370 g/mol. The molecular weight excluding hydrogens is 354 g/mol. The highest BCUT2D eigenvalue weighted by Gasteiger charge is 2.16. The zero-order valence-electron chi connectivity index (χ0n) is 13.8. The van der Waals surface area contributed by atoms with E-state index < -0.39 is 0 Å². The van der Waals surface area contributed by atoms with Crippen molar-refractivity contribution in [3.05, 3.63) is 35.9 Å². The lowest BCUT2D eigenvalue weighted by molar-refractivity contribution is 0.0903. The molecule has 0 saturated carbocycles. The van der Waals surface area contributed by atoms with Crippen molar-refractivity contribution in [2.24, 2.45) is 0 Å². The van der Waals surface area contributed by atoms with Crippen LogP contribution in [0.2, 0.25) is 5.15 Å². The number of ether oxygens (including phenoxy) is 1. The summed E-state index contributed by atoms with van der Waals surface area (Å²) < 4.78 is 6.99. The number of fused-ring (bicyclic) bond motifs is 2. The zero-order chi connectivity index (χ0) is 17.5. The van der Waals surface area contributed by atoms with Gasteiger partial charge in [-0.05, 0) is 25.0 Å². The van der Waals surface area contributed by atoms with Crippen LogP contribution >= 0.6 is 11.6 Å². The average Bonchev–Trinajstić information content (AvgIpc) is 3.26. The Morgan fingerprint density at radius 3 is 2.96 bits per heavy atom. The molecular formula is C17H16ClN7O. The maximum atomic E-state index is 6.13. The minimum Gasteiger partial charge on any atom is -0.381 e. The Hall–Kier alpha value is -2.71. The normalized spacial score (nSPS) is 15.7. The van der Waals surface area contributed by atoms with Crippen molar-refractivity contribution in [2.75, 3.05) is 18.5 Å². The van der Waals surface area contributed by atoms with Crippen LogP contribution in [0.4, 0.5) is 5.95 Å². The lowest BCUT2D eigenvalue weighted by Gasteiger charge is -2.22. The molecule has 0 radical (unpaired) electrons. The minimum atomic E-state index is 0.350. The standard InChI is InChI=1S/C17H16ClN7O/c18-14-9-19-15-2-1-13(24-25(14)15)11-7-20-16-12(11)8-21-17(23-16)22-10-3-5-26-6-4-10/h1-2,7-10H,3-6H2,(H2,20,21,22,23).